The number of aliphatic carboxylic acids is 1. The number of hydrogen-bond acceptors (Lipinski definition) is 5. The second-order valence-electron chi connectivity index (χ2n) is 6.81. The van der Waals surface area contributed by atoms with Gasteiger partial charge in [0.1, 0.15) is 0 Å². The summed E-state index contributed by atoms with van der Waals surface area (Å²) >= 11 is 0. The van der Waals surface area contributed by atoms with Crippen molar-refractivity contribution in [1.82, 2.24) is 5.32 Å². The first-order valence-electron chi connectivity index (χ1n) is 8.29. The van der Waals surface area contributed by atoms with Crippen molar-refractivity contribution in [2.75, 3.05) is 6.54 Å². The quantitative estimate of drug-likeness (QED) is 0.420. The van der Waals surface area contributed by atoms with Crippen LogP contribution in [0.15, 0.2) is 11.6 Å². The highest BCUT2D eigenvalue weighted by Crippen LogP contribution is 2.59. The summed E-state index contributed by atoms with van der Waals surface area (Å²) < 4.78 is 9.83. The number of nitrogens with one attached hydrogen (secondary N) is 1. The number of ether oxygens (including phenoxy) is 2. The van der Waals surface area contributed by atoms with Crippen LogP contribution in [0.1, 0.15) is 46.5 Å². The summed E-state index contributed by atoms with van der Waals surface area (Å²) in [7, 11) is 0. The van der Waals surface area contributed by atoms with Crippen LogP contribution in [0.4, 0.5) is 4.79 Å². The maximum atomic E-state index is 11.9. The number of esters is 1. The Bertz CT molecular complexity index is 557. The summed E-state index contributed by atoms with van der Waals surface area (Å²) in [4.78, 5) is 34.2. The highest BCUT2D eigenvalue weighted by molar-refractivity contribution is 5.71. The van der Waals surface area contributed by atoms with Crippen LogP contribution in [0.2, 0.25) is 0 Å². The van der Waals surface area contributed by atoms with E-state index < -0.39 is 29.7 Å². The van der Waals surface area contributed by atoms with Gasteiger partial charge in [0, 0.05) is 25.3 Å². The molecule has 7 heteroatoms. The van der Waals surface area contributed by atoms with Gasteiger partial charge in [-0.3, -0.25) is 9.59 Å². The van der Waals surface area contributed by atoms with E-state index in [9.17, 15) is 19.5 Å². The van der Waals surface area contributed by atoms with Gasteiger partial charge in [-0.05, 0) is 31.6 Å². The lowest BCUT2D eigenvalue weighted by Crippen LogP contribution is -2.53. The Hall–Kier alpha value is -2.05. The van der Waals surface area contributed by atoms with Gasteiger partial charge in [-0.1, -0.05) is 18.6 Å². The maximum absolute atomic E-state index is 11.9. The van der Waals surface area contributed by atoms with E-state index >= 15 is 0 Å². The molecular formula is C17H25NO6. The van der Waals surface area contributed by atoms with Crippen molar-refractivity contribution in [1.29, 1.82) is 0 Å². The monoisotopic (exact) mass is 339 g/mol. The molecule has 2 aliphatic carbocycles. The van der Waals surface area contributed by atoms with Gasteiger partial charge in [0.25, 0.3) is 0 Å². The predicted molar refractivity (Wildman–Crippen MR) is 85.0 cm³/mol. The van der Waals surface area contributed by atoms with Gasteiger partial charge < -0.3 is 19.9 Å². The standard InChI is InChI=1S/C17H25NO6/c1-4-15(21)23-11(3)24-16(22)18-9-17(8-14(19)20)7-12-5-10(2)6-13(12)17/h6,11-13H,4-5,7-9H2,1-3H3,(H,18,22)(H,19,20)/t11-,12+,13+,17+/m0/s1. The Morgan fingerprint density at radius 3 is 2.71 bits per heavy atom. The average molecular weight is 339 g/mol. The van der Waals surface area contributed by atoms with Crippen molar-refractivity contribution >= 4 is 18.0 Å². The minimum atomic E-state index is -0.976. The van der Waals surface area contributed by atoms with Crippen molar-refractivity contribution < 1.29 is 29.0 Å². The summed E-state index contributed by atoms with van der Waals surface area (Å²) in [5, 5.41) is 11.9. The van der Waals surface area contributed by atoms with Crippen LogP contribution in [-0.4, -0.2) is 36.0 Å². The Balaban J connectivity index is 1.89. The average Bonchev–Trinajstić information content (AvgIpc) is 2.79. The largest absolute Gasteiger partial charge is 0.481 e. The number of carboxylic acids is 1. The second kappa shape index (κ2) is 7.23. The van der Waals surface area contributed by atoms with Crippen molar-refractivity contribution in [2.24, 2.45) is 17.3 Å². The van der Waals surface area contributed by atoms with Crippen LogP contribution in [0.5, 0.6) is 0 Å². The number of alkyl carbamates (subject to hydrolysis) is 1. The van der Waals surface area contributed by atoms with E-state index in [2.05, 4.69) is 18.3 Å². The third-order valence-corrected chi connectivity index (χ3v) is 4.88. The molecule has 1 amide bonds. The highest BCUT2D eigenvalue weighted by atomic mass is 16.7. The Labute approximate surface area is 141 Å². The molecule has 0 aliphatic heterocycles. The Kier molecular flexibility index (Phi) is 5.51. The van der Waals surface area contributed by atoms with E-state index in [1.54, 1.807) is 6.92 Å². The van der Waals surface area contributed by atoms with Crippen LogP contribution in [-0.2, 0) is 19.1 Å². The molecule has 1 saturated carbocycles. The van der Waals surface area contributed by atoms with Crippen molar-refractivity contribution in [3.05, 3.63) is 11.6 Å². The van der Waals surface area contributed by atoms with E-state index in [1.807, 2.05) is 0 Å². The van der Waals surface area contributed by atoms with Crippen LogP contribution >= 0.6 is 0 Å². The van der Waals surface area contributed by atoms with Crippen LogP contribution in [0.25, 0.3) is 0 Å². The smallest absolute Gasteiger partial charge is 0.410 e. The molecule has 0 aromatic heterocycles. The fourth-order valence-corrected chi connectivity index (χ4v) is 3.90. The second-order valence-corrected chi connectivity index (χ2v) is 6.81. The number of rotatable bonds is 7. The molecule has 2 aliphatic rings. The van der Waals surface area contributed by atoms with E-state index in [-0.39, 0.29) is 25.3 Å². The topological polar surface area (TPSA) is 102 Å². The number of hydrogen-bond donors (Lipinski definition) is 2. The van der Waals surface area contributed by atoms with E-state index in [1.165, 1.54) is 12.5 Å². The van der Waals surface area contributed by atoms with Crippen molar-refractivity contribution in [3.63, 3.8) is 0 Å². The Morgan fingerprint density at radius 2 is 2.12 bits per heavy atom. The molecular weight excluding hydrogens is 314 g/mol. The maximum Gasteiger partial charge on any atom is 0.410 e. The van der Waals surface area contributed by atoms with Gasteiger partial charge in [0.05, 0.1) is 6.42 Å². The molecule has 0 saturated heterocycles. The van der Waals surface area contributed by atoms with Crippen molar-refractivity contribution in [2.45, 2.75) is 52.7 Å². The molecule has 1 fully saturated rings. The lowest BCUT2D eigenvalue weighted by Gasteiger charge is -2.51. The molecule has 134 valence electrons. The van der Waals surface area contributed by atoms with Crippen LogP contribution < -0.4 is 5.32 Å². The molecule has 0 radical (unpaired) electrons. The fourth-order valence-electron chi connectivity index (χ4n) is 3.90. The SMILES string of the molecule is CCC(=O)O[C@H](C)OC(=O)NC[C@]1(CC(=O)O)C[C@H]2CC(C)=C[C@H]21. The molecule has 0 aromatic rings. The minimum Gasteiger partial charge on any atom is -0.481 e. The predicted octanol–water partition coefficient (Wildman–Crippen LogP) is 2.46. The van der Waals surface area contributed by atoms with E-state index in [0.29, 0.717) is 5.92 Å². The van der Waals surface area contributed by atoms with E-state index in [0.717, 1.165) is 12.8 Å². The molecule has 0 unspecified atom stereocenters. The van der Waals surface area contributed by atoms with Gasteiger partial charge in [0.2, 0.25) is 6.29 Å². The first-order valence-corrected chi connectivity index (χ1v) is 8.29. The summed E-state index contributed by atoms with van der Waals surface area (Å²) in [6.07, 6.45) is 2.44. The van der Waals surface area contributed by atoms with Gasteiger partial charge in [-0.15, -0.1) is 0 Å². The normalized spacial score (nSPS) is 28.9. The van der Waals surface area contributed by atoms with Gasteiger partial charge in [0.15, 0.2) is 0 Å². The van der Waals surface area contributed by atoms with Gasteiger partial charge >= 0.3 is 18.0 Å². The summed E-state index contributed by atoms with van der Waals surface area (Å²) in [5.41, 5.74) is 0.816. The lowest BCUT2D eigenvalue weighted by atomic mass is 9.53. The third-order valence-electron chi connectivity index (χ3n) is 4.88. The molecule has 2 rings (SSSR count). The Morgan fingerprint density at radius 1 is 1.42 bits per heavy atom. The fraction of sp³-hybridized carbons (Fsp3) is 0.706. The first-order chi connectivity index (χ1) is 11.3. The van der Waals surface area contributed by atoms with Crippen LogP contribution in [0, 0.1) is 17.3 Å². The number of allylic oxidation sites excluding steroid dienone is 2. The number of carboxylic acid groups (broad SMARTS) is 1. The van der Waals surface area contributed by atoms with Gasteiger partial charge in [-0.2, -0.15) is 0 Å². The number of fused-ring (bicyclic) bond motifs is 1. The molecule has 0 aromatic carbocycles. The molecule has 4 atom stereocenters. The summed E-state index contributed by atoms with van der Waals surface area (Å²) in [6.45, 7) is 5.39. The van der Waals surface area contributed by atoms with E-state index in [4.69, 9.17) is 9.47 Å². The van der Waals surface area contributed by atoms with Crippen LogP contribution in [0.3, 0.4) is 0 Å². The molecule has 0 spiro atoms. The zero-order valence-electron chi connectivity index (χ0n) is 14.3. The molecule has 7 nitrogen and oxygen atoms in total. The van der Waals surface area contributed by atoms with Gasteiger partial charge in [-0.25, -0.2) is 4.79 Å². The molecule has 2 N–H and O–H groups in total. The molecule has 0 heterocycles. The zero-order chi connectivity index (χ0) is 17.9. The molecule has 24 heavy (non-hydrogen) atoms. The lowest BCUT2D eigenvalue weighted by molar-refractivity contribution is -0.164. The minimum absolute atomic E-state index is 0.0125. The van der Waals surface area contributed by atoms with Crippen molar-refractivity contribution in [3.8, 4) is 0 Å². The highest BCUT2D eigenvalue weighted by Gasteiger charge is 2.55. The number of carbonyl (C=O) groups excluding carboxylic acids is 2. The zero-order valence-corrected chi connectivity index (χ0v) is 14.3. The first kappa shape index (κ1) is 18.3. The number of carbonyl (C=O) groups is 3. The third kappa shape index (κ3) is 4.07. The molecule has 0 bridgehead atoms. The summed E-state index contributed by atoms with van der Waals surface area (Å²) in [5.74, 6) is -0.659. The number of amides is 1. The summed E-state index contributed by atoms with van der Waals surface area (Å²) in [6, 6.07) is 0.